The van der Waals surface area contributed by atoms with Crippen molar-refractivity contribution in [3.63, 3.8) is 0 Å². The third kappa shape index (κ3) is 2.82. The molecule has 6 nitrogen and oxygen atoms in total. The minimum absolute atomic E-state index is 0. The molecule has 0 spiro atoms. The van der Waals surface area contributed by atoms with Crippen molar-refractivity contribution in [3.05, 3.63) is 12.3 Å². The van der Waals surface area contributed by atoms with Crippen LogP contribution in [0.1, 0.15) is 27.6 Å². The van der Waals surface area contributed by atoms with Gasteiger partial charge in [0.15, 0.2) is 10.9 Å². The summed E-state index contributed by atoms with van der Waals surface area (Å²) >= 11 is 1.55. The number of carbonyl (C=O) groups is 1. The van der Waals surface area contributed by atoms with Crippen LogP contribution in [0.3, 0.4) is 0 Å². The van der Waals surface area contributed by atoms with Crippen LogP contribution in [-0.4, -0.2) is 29.0 Å². The maximum Gasteiger partial charge on any atom is 0.228 e. The van der Waals surface area contributed by atoms with Gasteiger partial charge in [0.05, 0.1) is 22.2 Å². The molecule has 1 N–H and O–H groups in total. The Hall–Kier alpha value is -2.20. The average Bonchev–Trinajstić information content (AvgIpc) is 3.17. The minimum atomic E-state index is 0. The summed E-state index contributed by atoms with van der Waals surface area (Å²) in [4.78, 5) is 23.4. The van der Waals surface area contributed by atoms with E-state index in [9.17, 15) is 4.79 Å². The number of nitrogens with one attached hydrogen (secondary N) is 1. The fraction of sp³-hybridized carbons (Fsp3) is 0.529. The number of nitriles is 1. The second-order valence-corrected chi connectivity index (χ2v) is 7.70. The van der Waals surface area contributed by atoms with E-state index in [1.165, 1.54) is 0 Å². The van der Waals surface area contributed by atoms with Crippen molar-refractivity contribution in [2.45, 2.75) is 26.2 Å². The van der Waals surface area contributed by atoms with E-state index < -0.39 is 0 Å². The van der Waals surface area contributed by atoms with Gasteiger partial charge in [-0.05, 0) is 31.2 Å². The Bertz CT molecular complexity index is 832. The molecule has 7 heteroatoms. The number of nitrogens with zero attached hydrogens (tertiary/aromatic N) is 4. The lowest BCUT2D eigenvalue weighted by Gasteiger charge is -2.28. The second-order valence-electron chi connectivity index (χ2n) is 6.73. The molecule has 1 unspecified atom stereocenters. The van der Waals surface area contributed by atoms with Crippen molar-refractivity contribution < 1.29 is 6.22 Å². The van der Waals surface area contributed by atoms with Crippen LogP contribution in [-0.2, 0) is 4.79 Å². The lowest BCUT2D eigenvalue weighted by Crippen LogP contribution is -2.34. The number of fused-ring (bicyclic) bond motifs is 1. The van der Waals surface area contributed by atoms with E-state index >= 15 is 0 Å². The first-order valence-electron chi connectivity index (χ1n) is 8.36. The van der Waals surface area contributed by atoms with Crippen LogP contribution in [0, 0.1) is 29.1 Å². The van der Waals surface area contributed by atoms with E-state index in [4.69, 9.17) is 10.2 Å². The molecule has 1 aliphatic heterocycles. The van der Waals surface area contributed by atoms with Crippen molar-refractivity contribution in [3.8, 4) is 6.07 Å². The number of anilines is 2. The number of hydrogen-bond donors (Lipinski definition) is 1. The summed E-state index contributed by atoms with van der Waals surface area (Å²) in [6.45, 7) is 3.74. The van der Waals surface area contributed by atoms with Crippen LogP contribution in [0.2, 0.25) is 0 Å². The van der Waals surface area contributed by atoms with Crippen molar-refractivity contribution in [1.82, 2.24) is 9.97 Å². The van der Waals surface area contributed by atoms with E-state index in [2.05, 4.69) is 28.2 Å². The molecule has 0 aromatic carbocycles. The highest BCUT2D eigenvalue weighted by Gasteiger charge is 2.39. The Balaban J connectivity index is 0.00000182. The summed E-state index contributed by atoms with van der Waals surface area (Å²) < 4.78 is 0.910. The van der Waals surface area contributed by atoms with Gasteiger partial charge in [-0.2, -0.15) is 5.26 Å². The first kappa shape index (κ1) is 15.3. The number of rotatable bonds is 3. The standard InChI is InChI=1S/C17H19N5OS.H2/c1-10-7-12(10)16(23)21-15-14-13(4-5-19-15)20-17(24-14)22-6-2-3-11(8-18)9-22;/h4-5,10-12H,2-3,6-7,9H2,1H3,(H,19,21,23);1H/t10-,11+,12?;/m0./s1. The normalized spacial score (nSPS) is 26.2. The summed E-state index contributed by atoms with van der Waals surface area (Å²) in [5, 5.41) is 13.0. The quantitative estimate of drug-likeness (QED) is 0.925. The molecule has 1 amide bonds. The molecule has 4 rings (SSSR count). The molecule has 24 heavy (non-hydrogen) atoms. The van der Waals surface area contributed by atoms with Crippen molar-refractivity contribution in [1.29, 1.82) is 5.26 Å². The Kier molecular flexibility index (Phi) is 3.85. The number of hydrogen-bond acceptors (Lipinski definition) is 6. The van der Waals surface area contributed by atoms with E-state index in [1.807, 2.05) is 6.07 Å². The zero-order chi connectivity index (χ0) is 16.7. The number of aromatic nitrogens is 2. The SMILES string of the molecule is C[C@H]1CC1C(=O)Nc1nccc2nc(N3CCC[C@H](C#N)C3)sc12.[HH]. The first-order chi connectivity index (χ1) is 11.7. The summed E-state index contributed by atoms with van der Waals surface area (Å²) in [6.07, 6.45) is 4.61. The molecule has 0 bridgehead atoms. The van der Waals surface area contributed by atoms with Crippen molar-refractivity contribution in [2.24, 2.45) is 17.8 Å². The van der Waals surface area contributed by atoms with Gasteiger partial charge in [0, 0.05) is 26.6 Å². The van der Waals surface area contributed by atoms with Crippen molar-refractivity contribution >= 4 is 38.4 Å². The fourth-order valence-electron chi connectivity index (χ4n) is 3.22. The first-order valence-corrected chi connectivity index (χ1v) is 9.18. The molecular formula is C17H21N5OS. The monoisotopic (exact) mass is 343 g/mol. The Labute approximate surface area is 146 Å². The number of thiazole rings is 1. The van der Waals surface area contributed by atoms with Crippen LogP contribution in [0.25, 0.3) is 10.2 Å². The van der Waals surface area contributed by atoms with Gasteiger partial charge in [-0.1, -0.05) is 18.3 Å². The maximum atomic E-state index is 12.2. The van der Waals surface area contributed by atoms with Gasteiger partial charge in [0.2, 0.25) is 5.91 Å². The predicted octanol–water partition coefficient (Wildman–Crippen LogP) is 3.27. The predicted molar refractivity (Wildman–Crippen MR) is 96.0 cm³/mol. The molecule has 3 atom stereocenters. The Morgan fingerprint density at radius 2 is 2.42 bits per heavy atom. The number of carbonyl (C=O) groups excluding carboxylic acids is 1. The van der Waals surface area contributed by atoms with Gasteiger partial charge < -0.3 is 10.2 Å². The van der Waals surface area contributed by atoms with E-state index in [1.54, 1.807) is 17.5 Å². The van der Waals surface area contributed by atoms with Crippen LogP contribution < -0.4 is 10.2 Å². The fourth-order valence-corrected chi connectivity index (χ4v) is 4.26. The third-order valence-electron chi connectivity index (χ3n) is 4.86. The topological polar surface area (TPSA) is 81.9 Å². The summed E-state index contributed by atoms with van der Waals surface area (Å²) in [5.74, 6) is 1.32. The van der Waals surface area contributed by atoms with Gasteiger partial charge in [-0.3, -0.25) is 4.79 Å². The van der Waals surface area contributed by atoms with E-state index in [0.717, 1.165) is 47.7 Å². The molecule has 1 saturated carbocycles. The highest BCUT2D eigenvalue weighted by molar-refractivity contribution is 7.22. The average molecular weight is 343 g/mol. The third-order valence-corrected chi connectivity index (χ3v) is 5.99. The molecular weight excluding hydrogens is 322 g/mol. The van der Waals surface area contributed by atoms with Crippen molar-refractivity contribution in [2.75, 3.05) is 23.3 Å². The Morgan fingerprint density at radius 1 is 1.58 bits per heavy atom. The molecule has 3 heterocycles. The second kappa shape index (κ2) is 6.02. The van der Waals surface area contributed by atoms with Gasteiger partial charge >= 0.3 is 0 Å². The van der Waals surface area contributed by atoms with Gasteiger partial charge in [0.1, 0.15) is 0 Å². The van der Waals surface area contributed by atoms with Crippen LogP contribution in [0.15, 0.2) is 12.3 Å². The molecule has 0 radical (unpaired) electrons. The van der Waals surface area contributed by atoms with Crippen LogP contribution >= 0.6 is 11.3 Å². The maximum absolute atomic E-state index is 12.2. The smallest absolute Gasteiger partial charge is 0.228 e. The summed E-state index contributed by atoms with van der Waals surface area (Å²) in [7, 11) is 0. The lowest BCUT2D eigenvalue weighted by atomic mass is 10.0. The zero-order valence-corrected chi connectivity index (χ0v) is 14.3. The van der Waals surface area contributed by atoms with Gasteiger partial charge in [0.25, 0.3) is 0 Å². The molecule has 1 saturated heterocycles. The number of piperidine rings is 1. The molecule has 2 aromatic rings. The number of amides is 1. The van der Waals surface area contributed by atoms with Crippen LogP contribution in [0.4, 0.5) is 10.9 Å². The largest absolute Gasteiger partial charge is 0.347 e. The summed E-state index contributed by atoms with van der Waals surface area (Å²) in [5.41, 5.74) is 0.850. The number of pyridine rings is 1. The molecule has 2 aromatic heterocycles. The molecule has 2 fully saturated rings. The van der Waals surface area contributed by atoms with Gasteiger partial charge in [-0.15, -0.1) is 0 Å². The minimum Gasteiger partial charge on any atom is -0.347 e. The molecule has 126 valence electrons. The zero-order valence-electron chi connectivity index (χ0n) is 13.5. The molecule has 1 aliphatic carbocycles. The molecule has 2 aliphatic rings. The highest BCUT2D eigenvalue weighted by Crippen LogP contribution is 2.39. The van der Waals surface area contributed by atoms with E-state index in [-0.39, 0.29) is 19.2 Å². The Morgan fingerprint density at radius 3 is 3.17 bits per heavy atom. The summed E-state index contributed by atoms with van der Waals surface area (Å²) in [6, 6.07) is 4.24. The highest BCUT2D eigenvalue weighted by atomic mass is 32.1. The van der Waals surface area contributed by atoms with E-state index in [0.29, 0.717) is 11.7 Å². The van der Waals surface area contributed by atoms with Crippen LogP contribution in [0.5, 0.6) is 0 Å². The van der Waals surface area contributed by atoms with Gasteiger partial charge in [-0.25, -0.2) is 9.97 Å². The lowest BCUT2D eigenvalue weighted by molar-refractivity contribution is -0.117.